The Balaban J connectivity index is 1.46. The van der Waals surface area contributed by atoms with E-state index in [0.29, 0.717) is 12.5 Å². The van der Waals surface area contributed by atoms with Gasteiger partial charge in [-0.15, -0.1) is 0 Å². The van der Waals surface area contributed by atoms with Crippen LogP contribution in [0, 0.1) is 0 Å². The van der Waals surface area contributed by atoms with E-state index >= 15 is 0 Å². The van der Waals surface area contributed by atoms with E-state index in [-0.39, 0.29) is 0 Å². The van der Waals surface area contributed by atoms with E-state index in [1.807, 2.05) is 48.9 Å². The van der Waals surface area contributed by atoms with E-state index in [2.05, 4.69) is 45.6 Å². The Labute approximate surface area is 177 Å². The Morgan fingerprint density at radius 2 is 1.87 bits per heavy atom. The number of rotatable bonds is 5. The lowest BCUT2D eigenvalue weighted by molar-refractivity contribution is 0.254. The molecule has 2 aromatic heterocycles. The van der Waals surface area contributed by atoms with Gasteiger partial charge in [-0.1, -0.05) is 42.5 Å². The van der Waals surface area contributed by atoms with Gasteiger partial charge in [0.2, 0.25) is 0 Å². The standard InChI is InChI=1S/C25H26N4O/c1-28-13-10-20(11-14-28)24-23-17-26-12-15-29(23)25(27-24)21-8-5-9-22(16-21)30-18-19-6-3-2-4-7-19/h2-9,12,15-17,20H,10-11,13-14,18H2,1H3. The number of piperidine rings is 1. The van der Waals surface area contributed by atoms with E-state index < -0.39 is 0 Å². The highest BCUT2D eigenvalue weighted by molar-refractivity contribution is 5.66. The van der Waals surface area contributed by atoms with Crippen molar-refractivity contribution in [3.63, 3.8) is 0 Å². The third-order valence-corrected chi connectivity index (χ3v) is 5.92. The second kappa shape index (κ2) is 8.28. The molecule has 0 radical (unpaired) electrons. The zero-order chi connectivity index (χ0) is 20.3. The minimum atomic E-state index is 0.478. The quantitative estimate of drug-likeness (QED) is 0.485. The molecule has 30 heavy (non-hydrogen) atoms. The molecule has 0 saturated carbocycles. The molecule has 0 unspecified atom stereocenters. The van der Waals surface area contributed by atoms with Gasteiger partial charge in [-0.3, -0.25) is 9.38 Å². The van der Waals surface area contributed by atoms with Gasteiger partial charge in [0.1, 0.15) is 18.2 Å². The fraction of sp³-hybridized carbons (Fsp3) is 0.280. The van der Waals surface area contributed by atoms with Crippen LogP contribution in [0.4, 0.5) is 0 Å². The topological polar surface area (TPSA) is 42.7 Å². The summed E-state index contributed by atoms with van der Waals surface area (Å²) in [5.41, 5.74) is 4.49. The Kier molecular flexibility index (Phi) is 5.20. The first-order valence-electron chi connectivity index (χ1n) is 10.6. The first-order valence-corrected chi connectivity index (χ1v) is 10.6. The number of hydrogen-bond acceptors (Lipinski definition) is 4. The van der Waals surface area contributed by atoms with E-state index in [0.717, 1.165) is 54.1 Å². The lowest BCUT2D eigenvalue weighted by Gasteiger charge is -2.28. The number of aromatic nitrogens is 3. The molecule has 1 fully saturated rings. The molecule has 1 aliphatic heterocycles. The maximum absolute atomic E-state index is 6.05. The van der Waals surface area contributed by atoms with Crippen molar-refractivity contribution in [1.29, 1.82) is 0 Å². The van der Waals surface area contributed by atoms with Gasteiger partial charge in [0.05, 0.1) is 17.4 Å². The van der Waals surface area contributed by atoms with Crippen molar-refractivity contribution in [2.45, 2.75) is 25.4 Å². The Morgan fingerprint density at radius 3 is 2.70 bits per heavy atom. The highest BCUT2D eigenvalue weighted by Gasteiger charge is 2.24. The number of ether oxygens (including phenoxy) is 1. The summed E-state index contributed by atoms with van der Waals surface area (Å²) in [5.74, 6) is 2.28. The normalized spacial score (nSPS) is 15.5. The van der Waals surface area contributed by atoms with Crippen LogP contribution in [0.3, 0.4) is 0 Å². The monoisotopic (exact) mass is 398 g/mol. The molecule has 5 heteroatoms. The van der Waals surface area contributed by atoms with E-state index in [9.17, 15) is 0 Å². The summed E-state index contributed by atoms with van der Waals surface area (Å²) in [6.07, 6.45) is 8.05. The fourth-order valence-electron chi connectivity index (χ4n) is 4.21. The van der Waals surface area contributed by atoms with Gasteiger partial charge in [0.15, 0.2) is 0 Å². The van der Waals surface area contributed by atoms with E-state index in [1.54, 1.807) is 0 Å². The minimum absolute atomic E-state index is 0.478. The van der Waals surface area contributed by atoms with Crippen LogP contribution in [0.2, 0.25) is 0 Å². The number of benzene rings is 2. The molecular weight excluding hydrogens is 372 g/mol. The molecule has 5 rings (SSSR count). The first kappa shape index (κ1) is 18.8. The van der Waals surface area contributed by atoms with Crippen LogP contribution in [-0.4, -0.2) is 39.4 Å². The van der Waals surface area contributed by atoms with Crippen LogP contribution in [0.25, 0.3) is 16.9 Å². The Bertz CT molecular complexity index is 1130. The van der Waals surface area contributed by atoms with Crippen molar-refractivity contribution in [2.24, 2.45) is 0 Å². The summed E-state index contributed by atoms with van der Waals surface area (Å²) in [4.78, 5) is 11.9. The van der Waals surface area contributed by atoms with Gasteiger partial charge >= 0.3 is 0 Å². The summed E-state index contributed by atoms with van der Waals surface area (Å²) in [6.45, 7) is 2.78. The van der Waals surface area contributed by atoms with Crippen molar-refractivity contribution in [3.8, 4) is 17.1 Å². The van der Waals surface area contributed by atoms with Crippen molar-refractivity contribution in [3.05, 3.63) is 84.4 Å². The highest BCUT2D eigenvalue weighted by atomic mass is 16.5. The second-order valence-electron chi connectivity index (χ2n) is 8.03. The molecule has 5 nitrogen and oxygen atoms in total. The summed E-state index contributed by atoms with van der Waals surface area (Å²) >= 11 is 0. The van der Waals surface area contributed by atoms with Crippen LogP contribution in [0.15, 0.2) is 73.2 Å². The predicted molar refractivity (Wildman–Crippen MR) is 119 cm³/mol. The SMILES string of the molecule is CN1CCC(c2nc(-c3cccc(OCc4ccccc4)c3)n3ccncc23)CC1. The van der Waals surface area contributed by atoms with Crippen LogP contribution in [0.1, 0.15) is 30.0 Å². The van der Waals surface area contributed by atoms with Gasteiger partial charge in [0, 0.05) is 23.9 Å². The number of likely N-dealkylation sites (tertiary alicyclic amines) is 1. The number of hydrogen-bond donors (Lipinski definition) is 0. The molecule has 0 N–H and O–H groups in total. The molecule has 0 aliphatic carbocycles. The lowest BCUT2D eigenvalue weighted by atomic mass is 9.93. The lowest BCUT2D eigenvalue weighted by Crippen LogP contribution is -2.29. The molecule has 152 valence electrons. The van der Waals surface area contributed by atoms with E-state index in [1.165, 1.54) is 5.69 Å². The minimum Gasteiger partial charge on any atom is -0.489 e. The fourth-order valence-corrected chi connectivity index (χ4v) is 4.21. The highest BCUT2D eigenvalue weighted by Crippen LogP contribution is 2.33. The molecule has 3 heterocycles. The molecule has 0 amide bonds. The summed E-state index contributed by atoms with van der Waals surface area (Å²) in [6, 6.07) is 18.5. The molecule has 0 spiro atoms. The second-order valence-corrected chi connectivity index (χ2v) is 8.03. The third-order valence-electron chi connectivity index (χ3n) is 5.92. The van der Waals surface area contributed by atoms with Gasteiger partial charge in [-0.05, 0) is 50.7 Å². The zero-order valence-corrected chi connectivity index (χ0v) is 17.2. The number of fused-ring (bicyclic) bond motifs is 1. The first-order chi connectivity index (χ1) is 14.8. The smallest absolute Gasteiger partial charge is 0.145 e. The molecule has 0 atom stereocenters. The van der Waals surface area contributed by atoms with Crippen molar-refractivity contribution < 1.29 is 4.74 Å². The van der Waals surface area contributed by atoms with Gasteiger partial charge < -0.3 is 9.64 Å². The molecular formula is C25H26N4O. The molecule has 1 aliphatic rings. The maximum Gasteiger partial charge on any atom is 0.145 e. The largest absolute Gasteiger partial charge is 0.489 e. The van der Waals surface area contributed by atoms with Gasteiger partial charge in [0.25, 0.3) is 0 Å². The average Bonchev–Trinajstić information content (AvgIpc) is 3.19. The van der Waals surface area contributed by atoms with Gasteiger partial charge in [-0.25, -0.2) is 4.98 Å². The average molecular weight is 399 g/mol. The van der Waals surface area contributed by atoms with Crippen LogP contribution < -0.4 is 4.74 Å². The maximum atomic E-state index is 6.05. The predicted octanol–water partition coefficient (Wildman–Crippen LogP) is 4.78. The van der Waals surface area contributed by atoms with Gasteiger partial charge in [-0.2, -0.15) is 0 Å². The van der Waals surface area contributed by atoms with Crippen LogP contribution in [0.5, 0.6) is 5.75 Å². The number of imidazole rings is 1. The van der Waals surface area contributed by atoms with Crippen LogP contribution in [-0.2, 0) is 6.61 Å². The van der Waals surface area contributed by atoms with E-state index in [4.69, 9.17) is 9.72 Å². The van der Waals surface area contributed by atoms with Crippen molar-refractivity contribution >= 4 is 5.52 Å². The molecule has 0 bridgehead atoms. The Hall–Kier alpha value is -3.18. The van der Waals surface area contributed by atoms with Crippen molar-refractivity contribution in [1.82, 2.24) is 19.3 Å². The third kappa shape index (κ3) is 3.81. The molecule has 1 saturated heterocycles. The summed E-state index contributed by atoms with van der Waals surface area (Å²) in [7, 11) is 2.19. The van der Waals surface area contributed by atoms with Crippen LogP contribution >= 0.6 is 0 Å². The summed E-state index contributed by atoms with van der Waals surface area (Å²) < 4.78 is 8.21. The number of nitrogens with zero attached hydrogens (tertiary/aromatic N) is 4. The zero-order valence-electron chi connectivity index (χ0n) is 17.2. The molecule has 2 aromatic carbocycles. The van der Waals surface area contributed by atoms with Crippen molar-refractivity contribution in [2.75, 3.05) is 20.1 Å². The Morgan fingerprint density at radius 1 is 1.03 bits per heavy atom. The molecule has 4 aromatic rings. The summed E-state index contributed by atoms with van der Waals surface area (Å²) in [5, 5.41) is 0.